The van der Waals surface area contributed by atoms with Gasteiger partial charge in [0, 0.05) is 5.41 Å². The van der Waals surface area contributed by atoms with Crippen molar-refractivity contribution in [1.29, 1.82) is 0 Å². The molecule has 0 nitrogen and oxygen atoms in total. The van der Waals surface area contributed by atoms with Gasteiger partial charge in [-0.3, -0.25) is 0 Å². The zero-order chi connectivity index (χ0) is 7.65. The molecule has 0 N–H and O–H groups in total. The van der Waals surface area contributed by atoms with Crippen molar-refractivity contribution in [2.75, 3.05) is 6.26 Å². The predicted octanol–water partition coefficient (Wildman–Crippen LogP) is 2.82. The molecule has 56 valence electrons. The van der Waals surface area contributed by atoms with Crippen LogP contribution in [0.25, 0.3) is 0 Å². The highest BCUT2D eigenvalue weighted by molar-refractivity contribution is 8.18. The molecule has 0 amide bonds. The second-order valence-corrected chi connectivity index (χ2v) is 6.61. The molecule has 0 radical (unpaired) electrons. The number of rotatable bonds is 1. The van der Waals surface area contributed by atoms with E-state index in [0.29, 0.717) is 10.7 Å². The fraction of sp³-hybridized carbons (Fsp3) is 1.00. The van der Waals surface area contributed by atoms with Crippen LogP contribution in [0.5, 0.6) is 0 Å². The molecule has 0 aliphatic carbocycles. The number of hydrogen-bond donors (Lipinski definition) is 0. The van der Waals surface area contributed by atoms with Crippen LogP contribution in [0.15, 0.2) is 0 Å². The maximum absolute atomic E-state index is 5.94. The van der Waals surface area contributed by atoms with Crippen LogP contribution in [0, 0.1) is 5.41 Å². The lowest BCUT2D eigenvalue weighted by molar-refractivity contribution is 0.410. The van der Waals surface area contributed by atoms with Crippen molar-refractivity contribution in [2.24, 2.45) is 5.41 Å². The number of halogens is 1. The third kappa shape index (κ3) is 3.36. The van der Waals surface area contributed by atoms with Gasteiger partial charge in [0.05, 0.1) is 0 Å². The summed E-state index contributed by atoms with van der Waals surface area (Å²) in [6.07, 6.45) is 2.08. The van der Waals surface area contributed by atoms with Gasteiger partial charge >= 0.3 is 0 Å². The van der Waals surface area contributed by atoms with Gasteiger partial charge in [-0.05, 0) is 6.92 Å². The Morgan fingerprint density at radius 2 is 1.67 bits per heavy atom. The maximum Gasteiger partial charge on any atom is 0.175 e. The van der Waals surface area contributed by atoms with Crippen LogP contribution >= 0.6 is 10.7 Å². The molecule has 0 saturated carbocycles. The third-order valence-corrected chi connectivity index (χ3v) is 4.19. The maximum atomic E-state index is 5.94. The van der Waals surface area contributed by atoms with Crippen LogP contribution in [0.2, 0.25) is 0 Å². The zero-order valence-electron chi connectivity index (χ0n) is 6.86. The van der Waals surface area contributed by atoms with E-state index >= 15 is 0 Å². The van der Waals surface area contributed by atoms with E-state index in [1.165, 1.54) is 0 Å². The van der Waals surface area contributed by atoms with Gasteiger partial charge in [0.1, 0.15) is 21.6 Å². The van der Waals surface area contributed by atoms with Crippen molar-refractivity contribution in [3.05, 3.63) is 0 Å². The summed E-state index contributed by atoms with van der Waals surface area (Å²) in [6.45, 7) is 8.88. The first kappa shape index (κ1) is 9.64. The molecular formula is C7H16ClS+. The highest BCUT2D eigenvalue weighted by Gasteiger charge is 2.32. The van der Waals surface area contributed by atoms with Gasteiger partial charge in [-0.2, -0.15) is 0 Å². The molecule has 0 aliphatic rings. The van der Waals surface area contributed by atoms with Gasteiger partial charge in [-0.15, -0.1) is 0 Å². The van der Waals surface area contributed by atoms with Crippen molar-refractivity contribution in [3.8, 4) is 0 Å². The monoisotopic (exact) mass is 167 g/mol. The topological polar surface area (TPSA) is 0 Å². The van der Waals surface area contributed by atoms with E-state index in [9.17, 15) is 0 Å². The molecule has 0 aromatic rings. The lowest BCUT2D eigenvalue weighted by Crippen LogP contribution is -2.27. The summed E-state index contributed by atoms with van der Waals surface area (Å²) in [5, 5.41) is 0.610. The first-order chi connectivity index (χ1) is 3.85. The van der Waals surface area contributed by atoms with Gasteiger partial charge in [0.25, 0.3) is 0 Å². The molecule has 0 heterocycles. The Morgan fingerprint density at radius 1 is 1.33 bits per heavy atom. The van der Waals surface area contributed by atoms with Crippen LogP contribution < -0.4 is 0 Å². The molecule has 0 aromatic heterocycles. The van der Waals surface area contributed by atoms with Gasteiger partial charge in [-0.1, -0.05) is 20.8 Å². The van der Waals surface area contributed by atoms with Crippen LogP contribution in [0.1, 0.15) is 27.7 Å². The van der Waals surface area contributed by atoms with Crippen LogP contribution in [0.3, 0.4) is 0 Å². The SMILES string of the molecule is C[C@@H]([S+](C)Cl)C(C)(C)C. The second-order valence-electron chi connectivity index (χ2n) is 3.49. The highest BCUT2D eigenvalue weighted by Crippen LogP contribution is 2.27. The highest BCUT2D eigenvalue weighted by atomic mass is 35.7. The fourth-order valence-electron chi connectivity index (χ4n) is 0.487. The Labute approximate surface area is 65.8 Å². The summed E-state index contributed by atoms with van der Waals surface area (Å²) in [6, 6.07) is 0. The van der Waals surface area contributed by atoms with E-state index in [0.717, 1.165) is 0 Å². The molecule has 9 heavy (non-hydrogen) atoms. The zero-order valence-corrected chi connectivity index (χ0v) is 8.44. The Balaban J connectivity index is 3.88. The molecule has 0 rings (SSSR count). The number of hydrogen-bond acceptors (Lipinski definition) is 0. The Morgan fingerprint density at radius 3 is 1.67 bits per heavy atom. The fourth-order valence-corrected chi connectivity index (χ4v) is 2.26. The molecule has 0 saturated heterocycles. The predicted molar refractivity (Wildman–Crippen MR) is 48.1 cm³/mol. The van der Waals surface area contributed by atoms with Crippen molar-refractivity contribution >= 4 is 20.8 Å². The molecule has 0 aliphatic heterocycles. The van der Waals surface area contributed by atoms with E-state index in [1.807, 2.05) is 0 Å². The lowest BCUT2D eigenvalue weighted by atomic mass is 9.93. The smallest absolute Gasteiger partial charge is 0.0553 e. The summed E-state index contributed by atoms with van der Waals surface area (Å²) in [4.78, 5) is 0. The molecular weight excluding hydrogens is 152 g/mol. The van der Waals surface area contributed by atoms with E-state index in [1.54, 1.807) is 0 Å². The largest absolute Gasteiger partial charge is 0.175 e. The van der Waals surface area contributed by atoms with E-state index in [2.05, 4.69) is 34.0 Å². The second kappa shape index (κ2) is 3.16. The molecule has 0 aromatic carbocycles. The first-order valence-electron chi connectivity index (χ1n) is 3.16. The Hall–Kier alpha value is 0.640. The molecule has 2 heteroatoms. The quantitative estimate of drug-likeness (QED) is 0.527. The van der Waals surface area contributed by atoms with Gasteiger partial charge in [0.2, 0.25) is 0 Å². The molecule has 0 bridgehead atoms. The standard InChI is InChI=1S/C7H16ClS/c1-6(9(5)8)7(2,3)4/h6H,1-5H3/q+1/t6-,9?/m1/s1. The van der Waals surface area contributed by atoms with E-state index in [-0.39, 0.29) is 10.1 Å². The minimum Gasteiger partial charge on any atom is -0.0553 e. The lowest BCUT2D eigenvalue weighted by Gasteiger charge is -2.21. The van der Waals surface area contributed by atoms with Gasteiger partial charge in [0.15, 0.2) is 10.7 Å². The van der Waals surface area contributed by atoms with Gasteiger partial charge < -0.3 is 0 Å². The average molecular weight is 168 g/mol. The summed E-state index contributed by atoms with van der Waals surface area (Å²) in [5.74, 6) is 0. The van der Waals surface area contributed by atoms with Crippen LogP contribution in [-0.4, -0.2) is 11.5 Å². The Bertz CT molecular complexity index is 83.4. The molecule has 0 fully saturated rings. The van der Waals surface area contributed by atoms with E-state index in [4.69, 9.17) is 10.7 Å². The molecule has 0 spiro atoms. The minimum atomic E-state index is 0.0424. The van der Waals surface area contributed by atoms with Crippen LogP contribution in [-0.2, 0) is 10.1 Å². The summed E-state index contributed by atoms with van der Waals surface area (Å²) in [7, 11) is 5.98. The average Bonchev–Trinajstić information content (AvgIpc) is 1.62. The van der Waals surface area contributed by atoms with Crippen LogP contribution in [0.4, 0.5) is 0 Å². The summed E-state index contributed by atoms with van der Waals surface area (Å²) >= 11 is 0. The normalized spacial score (nSPS) is 19.3. The Kier molecular flexibility index (Phi) is 3.38. The van der Waals surface area contributed by atoms with Crippen molar-refractivity contribution < 1.29 is 0 Å². The first-order valence-corrected chi connectivity index (χ1v) is 5.69. The minimum absolute atomic E-state index is 0.0424. The van der Waals surface area contributed by atoms with Crippen molar-refractivity contribution in [3.63, 3.8) is 0 Å². The summed E-state index contributed by atoms with van der Waals surface area (Å²) < 4.78 is 0. The summed E-state index contributed by atoms with van der Waals surface area (Å²) in [5.41, 5.74) is 0.361. The van der Waals surface area contributed by atoms with E-state index < -0.39 is 0 Å². The third-order valence-electron chi connectivity index (χ3n) is 1.71. The van der Waals surface area contributed by atoms with Gasteiger partial charge in [-0.25, -0.2) is 0 Å². The molecule has 2 atom stereocenters. The molecule has 1 unspecified atom stereocenters. The van der Waals surface area contributed by atoms with Crippen molar-refractivity contribution in [2.45, 2.75) is 32.9 Å². The van der Waals surface area contributed by atoms with Crippen molar-refractivity contribution in [1.82, 2.24) is 0 Å².